The smallest absolute Gasteiger partial charge is 0.255 e. The van der Waals surface area contributed by atoms with Gasteiger partial charge in [0.2, 0.25) is 0 Å². The molecule has 1 aliphatic heterocycles. The minimum Gasteiger partial charge on any atom is -0.497 e. The lowest BCUT2D eigenvalue weighted by atomic mass is 10.1. The summed E-state index contributed by atoms with van der Waals surface area (Å²) in [6.45, 7) is 1.61. The lowest BCUT2D eigenvalue weighted by molar-refractivity contribution is 0.0761. The van der Waals surface area contributed by atoms with Gasteiger partial charge in [-0.25, -0.2) is 0 Å². The van der Waals surface area contributed by atoms with Crippen LogP contribution < -0.4 is 10.1 Å². The lowest BCUT2D eigenvalue weighted by Crippen LogP contribution is -2.31. The number of ether oxygens (including phenoxy) is 1. The van der Waals surface area contributed by atoms with Gasteiger partial charge >= 0.3 is 0 Å². The zero-order chi connectivity index (χ0) is 18.4. The first kappa shape index (κ1) is 18.0. The van der Waals surface area contributed by atoms with Crippen LogP contribution in [0.2, 0.25) is 0 Å². The van der Waals surface area contributed by atoms with E-state index < -0.39 is 0 Å². The highest BCUT2D eigenvalue weighted by molar-refractivity contribution is 6.05. The van der Waals surface area contributed by atoms with Crippen molar-refractivity contribution in [2.24, 2.45) is 0 Å². The van der Waals surface area contributed by atoms with Crippen LogP contribution in [0.4, 0.5) is 5.69 Å². The molecule has 26 heavy (non-hydrogen) atoms. The molecule has 0 aliphatic carbocycles. The number of hydrogen-bond acceptors (Lipinski definition) is 3. The van der Waals surface area contributed by atoms with Crippen molar-refractivity contribution in [3.8, 4) is 5.75 Å². The number of anilines is 1. The lowest BCUT2D eigenvalue weighted by Gasteiger charge is -2.20. The molecule has 1 heterocycles. The van der Waals surface area contributed by atoms with Crippen LogP contribution in [0.3, 0.4) is 0 Å². The number of carbonyl (C=O) groups is 2. The van der Waals surface area contributed by atoms with Gasteiger partial charge in [0, 0.05) is 29.9 Å². The van der Waals surface area contributed by atoms with E-state index in [0.717, 1.165) is 25.9 Å². The van der Waals surface area contributed by atoms with Crippen molar-refractivity contribution in [1.82, 2.24) is 4.90 Å². The van der Waals surface area contributed by atoms with Gasteiger partial charge in [-0.05, 0) is 55.3 Å². The van der Waals surface area contributed by atoms with E-state index >= 15 is 0 Å². The van der Waals surface area contributed by atoms with E-state index in [1.165, 1.54) is 12.8 Å². The third-order valence-electron chi connectivity index (χ3n) is 4.61. The summed E-state index contributed by atoms with van der Waals surface area (Å²) >= 11 is 0. The molecular formula is C21H24N2O3. The first-order valence-corrected chi connectivity index (χ1v) is 9.02. The molecule has 1 N–H and O–H groups in total. The van der Waals surface area contributed by atoms with Gasteiger partial charge in [-0.2, -0.15) is 0 Å². The van der Waals surface area contributed by atoms with Crippen molar-refractivity contribution in [3.63, 3.8) is 0 Å². The van der Waals surface area contributed by atoms with E-state index in [-0.39, 0.29) is 11.8 Å². The molecule has 136 valence electrons. The molecule has 1 saturated heterocycles. The van der Waals surface area contributed by atoms with Crippen molar-refractivity contribution in [1.29, 1.82) is 0 Å². The summed E-state index contributed by atoms with van der Waals surface area (Å²) < 4.78 is 5.10. The zero-order valence-electron chi connectivity index (χ0n) is 15.0. The molecule has 2 aromatic carbocycles. The van der Waals surface area contributed by atoms with Crippen molar-refractivity contribution >= 4 is 17.5 Å². The molecule has 2 amide bonds. The molecule has 5 heteroatoms. The highest BCUT2D eigenvalue weighted by Crippen LogP contribution is 2.18. The molecular weight excluding hydrogens is 328 g/mol. The van der Waals surface area contributed by atoms with E-state index in [4.69, 9.17) is 4.74 Å². The number of hydrogen-bond donors (Lipinski definition) is 1. The molecule has 0 atom stereocenters. The monoisotopic (exact) mass is 352 g/mol. The molecule has 0 saturated carbocycles. The number of methoxy groups -OCH3 is 1. The summed E-state index contributed by atoms with van der Waals surface area (Å²) in [6, 6.07) is 14.0. The third kappa shape index (κ3) is 4.42. The van der Waals surface area contributed by atoms with E-state index in [9.17, 15) is 9.59 Å². The minimum absolute atomic E-state index is 0.0347. The summed E-state index contributed by atoms with van der Waals surface area (Å²) in [4.78, 5) is 27.0. The quantitative estimate of drug-likeness (QED) is 0.906. The van der Waals surface area contributed by atoms with Crippen molar-refractivity contribution in [2.75, 3.05) is 25.5 Å². The van der Waals surface area contributed by atoms with E-state index in [0.29, 0.717) is 22.6 Å². The highest BCUT2D eigenvalue weighted by Gasteiger charge is 2.17. The average Bonchev–Trinajstić information content (AvgIpc) is 2.97. The number of carbonyl (C=O) groups excluding carboxylic acids is 2. The van der Waals surface area contributed by atoms with Crippen LogP contribution in [-0.4, -0.2) is 36.9 Å². The molecule has 0 radical (unpaired) electrons. The summed E-state index contributed by atoms with van der Waals surface area (Å²) in [7, 11) is 1.59. The Morgan fingerprint density at radius 3 is 2.27 bits per heavy atom. The third-order valence-corrected chi connectivity index (χ3v) is 4.61. The molecule has 0 aromatic heterocycles. The summed E-state index contributed by atoms with van der Waals surface area (Å²) in [5, 5.41) is 2.86. The highest BCUT2D eigenvalue weighted by atomic mass is 16.5. The van der Waals surface area contributed by atoms with Crippen LogP contribution in [0.5, 0.6) is 5.75 Å². The Kier molecular flexibility index (Phi) is 5.89. The maximum atomic E-state index is 12.7. The fraction of sp³-hybridized carbons (Fsp3) is 0.333. The van der Waals surface area contributed by atoms with Crippen LogP contribution in [0.1, 0.15) is 46.4 Å². The minimum atomic E-state index is -0.216. The summed E-state index contributed by atoms with van der Waals surface area (Å²) in [6.07, 6.45) is 4.47. The van der Waals surface area contributed by atoms with Gasteiger partial charge in [-0.3, -0.25) is 9.59 Å². The SMILES string of the molecule is COc1ccc(C(=O)Nc2cccc(C(=O)N3CCCCCC3)c2)cc1. The van der Waals surface area contributed by atoms with E-state index in [2.05, 4.69) is 5.32 Å². The molecule has 0 spiro atoms. The van der Waals surface area contributed by atoms with E-state index in [1.54, 1.807) is 55.6 Å². The van der Waals surface area contributed by atoms with Gasteiger partial charge in [0.25, 0.3) is 11.8 Å². The van der Waals surface area contributed by atoms with E-state index in [1.807, 2.05) is 4.90 Å². The zero-order valence-corrected chi connectivity index (χ0v) is 15.0. The van der Waals surface area contributed by atoms with Gasteiger partial charge in [0.05, 0.1) is 7.11 Å². The fourth-order valence-corrected chi connectivity index (χ4v) is 3.13. The predicted octanol–water partition coefficient (Wildman–Crippen LogP) is 3.96. The number of likely N-dealkylation sites (tertiary alicyclic amines) is 1. The van der Waals surface area contributed by atoms with Crippen LogP contribution in [0.15, 0.2) is 48.5 Å². The van der Waals surface area contributed by atoms with Gasteiger partial charge in [0.1, 0.15) is 5.75 Å². The maximum Gasteiger partial charge on any atom is 0.255 e. The number of rotatable bonds is 4. The number of nitrogens with zero attached hydrogens (tertiary/aromatic N) is 1. The van der Waals surface area contributed by atoms with Crippen LogP contribution in [0.25, 0.3) is 0 Å². The Labute approximate surface area is 154 Å². The summed E-state index contributed by atoms with van der Waals surface area (Å²) in [5.41, 5.74) is 1.76. The predicted molar refractivity (Wildman–Crippen MR) is 102 cm³/mol. The molecule has 2 aromatic rings. The van der Waals surface area contributed by atoms with Gasteiger partial charge in [-0.15, -0.1) is 0 Å². The molecule has 0 bridgehead atoms. The Bertz CT molecular complexity index is 763. The first-order chi connectivity index (χ1) is 12.7. The maximum absolute atomic E-state index is 12.7. The largest absolute Gasteiger partial charge is 0.497 e. The topological polar surface area (TPSA) is 58.6 Å². The second-order valence-electron chi connectivity index (χ2n) is 6.47. The average molecular weight is 352 g/mol. The van der Waals surface area contributed by atoms with Crippen LogP contribution in [0, 0.1) is 0 Å². The standard InChI is InChI=1S/C21H24N2O3/c1-26-19-11-9-16(10-12-19)20(24)22-18-8-6-7-17(15-18)21(25)23-13-4-2-3-5-14-23/h6-12,15H,2-5,13-14H2,1H3,(H,22,24). The Hall–Kier alpha value is -2.82. The molecule has 5 nitrogen and oxygen atoms in total. The summed E-state index contributed by atoms with van der Waals surface area (Å²) in [5.74, 6) is 0.520. The van der Waals surface area contributed by atoms with Crippen molar-refractivity contribution < 1.29 is 14.3 Å². The number of nitrogens with one attached hydrogen (secondary N) is 1. The molecule has 1 fully saturated rings. The van der Waals surface area contributed by atoms with Crippen LogP contribution in [-0.2, 0) is 0 Å². The second-order valence-corrected chi connectivity index (χ2v) is 6.47. The van der Waals surface area contributed by atoms with Gasteiger partial charge in [-0.1, -0.05) is 18.9 Å². The van der Waals surface area contributed by atoms with Gasteiger partial charge < -0.3 is 15.0 Å². The van der Waals surface area contributed by atoms with Crippen LogP contribution >= 0.6 is 0 Å². The normalized spacial score (nSPS) is 14.4. The van der Waals surface area contributed by atoms with Crippen molar-refractivity contribution in [3.05, 3.63) is 59.7 Å². The first-order valence-electron chi connectivity index (χ1n) is 9.02. The second kappa shape index (κ2) is 8.52. The molecule has 3 rings (SSSR count). The van der Waals surface area contributed by atoms with Gasteiger partial charge in [0.15, 0.2) is 0 Å². The van der Waals surface area contributed by atoms with Crippen molar-refractivity contribution in [2.45, 2.75) is 25.7 Å². The fourth-order valence-electron chi connectivity index (χ4n) is 3.13. The Morgan fingerprint density at radius 1 is 0.923 bits per heavy atom. The Morgan fingerprint density at radius 2 is 1.62 bits per heavy atom. The number of amides is 2. The molecule has 1 aliphatic rings. The number of benzene rings is 2. The Balaban J connectivity index is 1.69. The molecule has 0 unspecified atom stereocenters.